The number of H-pyrrole nitrogens is 1. The van der Waals surface area contributed by atoms with E-state index in [1.165, 1.54) is 19.3 Å². The van der Waals surface area contributed by atoms with Crippen LogP contribution in [0.2, 0.25) is 0 Å². The fourth-order valence-corrected chi connectivity index (χ4v) is 4.15. The van der Waals surface area contributed by atoms with Gasteiger partial charge in [0.05, 0.1) is 6.54 Å². The standard InChI is InChI=1S/C27H33N7O/c1-3-5-7-8-11-19-34-27(35)33(25(30-34)14-6-4-2)20-21-15-17-22(18-16-21)23-12-9-10-13-24(23)26-28-31-32-29-26/h6,9-10,12-18H,3-5,7-8,11,19-20H2,1-2H3,(H,28,29,31,32)/b14-6+. The number of hydrogen-bond donors (Lipinski definition) is 1. The van der Waals surface area contributed by atoms with Crippen LogP contribution in [0.3, 0.4) is 0 Å². The number of aromatic nitrogens is 7. The third-order valence-electron chi connectivity index (χ3n) is 6.06. The van der Waals surface area contributed by atoms with E-state index in [2.05, 4.69) is 69.9 Å². The summed E-state index contributed by atoms with van der Waals surface area (Å²) in [5, 5.41) is 18.9. The van der Waals surface area contributed by atoms with Crippen molar-refractivity contribution in [1.29, 1.82) is 0 Å². The Morgan fingerprint density at radius 2 is 1.71 bits per heavy atom. The van der Waals surface area contributed by atoms with E-state index in [1.54, 1.807) is 9.25 Å². The van der Waals surface area contributed by atoms with E-state index in [4.69, 9.17) is 0 Å². The Morgan fingerprint density at radius 3 is 2.43 bits per heavy atom. The lowest BCUT2D eigenvalue weighted by molar-refractivity contribution is 0.515. The molecule has 8 heteroatoms. The molecule has 4 aromatic rings. The molecule has 0 atom stereocenters. The largest absolute Gasteiger partial charge is 0.346 e. The Labute approximate surface area is 205 Å². The number of rotatable bonds is 12. The smallest absolute Gasteiger partial charge is 0.271 e. The Bertz CT molecular complexity index is 1280. The number of aromatic amines is 1. The molecule has 35 heavy (non-hydrogen) atoms. The summed E-state index contributed by atoms with van der Waals surface area (Å²) in [6.45, 7) is 5.42. The van der Waals surface area contributed by atoms with Gasteiger partial charge in [0.15, 0.2) is 11.6 Å². The van der Waals surface area contributed by atoms with Gasteiger partial charge in [-0.3, -0.25) is 4.57 Å². The molecule has 8 nitrogen and oxygen atoms in total. The number of unbranched alkanes of at least 4 members (excludes halogenated alkanes) is 4. The molecule has 0 aliphatic heterocycles. The highest BCUT2D eigenvalue weighted by Gasteiger charge is 2.13. The first kappa shape index (κ1) is 24.3. The first-order valence-electron chi connectivity index (χ1n) is 12.5. The molecule has 1 N–H and O–H groups in total. The highest BCUT2D eigenvalue weighted by Crippen LogP contribution is 2.29. The summed E-state index contributed by atoms with van der Waals surface area (Å²) < 4.78 is 3.39. The van der Waals surface area contributed by atoms with Crippen LogP contribution in [-0.2, 0) is 13.1 Å². The molecule has 0 amide bonds. The number of aryl methyl sites for hydroxylation is 1. The average Bonchev–Trinajstić information content (AvgIpc) is 3.53. The topological polar surface area (TPSA) is 94.3 Å². The van der Waals surface area contributed by atoms with Crippen LogP contribution < -0.4 is 5.69 Å². The second-order valence-corrected chi connectivity index (χ2v) is 8.67. The zero-order valence-electron chi connectivity index (χ0n) is 20.5. The minimum absolute atomic E-state index is 0.0523. The summed E-state index contributed by atoms with van der Waals surface area (Å²) >= 11 is 0. The second-order valence-electron chi connectivity index (χ2n) is 8.67. The summed E-state index contributed by atoms with van der Waals surface area (Å²) in [6.07, 6.45) is 10.6. The lowest BCUT2D eigenvalue weighted by atomic mass is 9.98. The molecule has 0 aliphatic rings. The fraction of sp³-hybridized carbons (Fsp3) is 0.370. The molecule has 0 fully saturated rings. The Morgan fingerprint density at radius 1 is 0.943 bits per heavy atom. The van der Waals surface area contributed by atoms with Gasteiger partial charge < -0.3 is 0 Å². The van der Waals surface area contributed by atoms with Gasteiger partial charge in [-0.1, -0.05) is 94.1 Å². The summed E-state index contributed by atoms with van der Waals surface area (Å²) in [7, 11) is 0. The van der Waals surface area contributed by atoms with Crippen LogP contribution in [0.15, 0.2) is 59.4 Å². The van der Waals surface area contributed by atoms with E-state index < -0.39 is 0 Å². The number of allylic oxidation sites excluding steroid dienone is 1. The molecule has 0 unspecified atom stereocenters. The van der Waals surface area contributed by atoms with Gasteiger partial charge in [0.25, 0.3) is 0 Å². The Kier molecular flexibility index (Phi) is 8.38. The zero-order valence-corrected chi connectivity index (χ0v) is 20.5. The average molecular weight is 472 g/mol. The highest BCUT2D eigenvalue weighted by molar-refractivity contribution is 5.80. The third-order valence-corrected chi connectivity index (χ3v) is 6.06. The number of hydrogen-bond acceptors (Lipinski definition) is 5. The number of tetrazole rings is 1. The number of benzene rings is 2. The van der Waals surface area contributed by atoms with Crippen LogP contribution in [-0.4, -0.2) is 35.0 Å². The van der Waals surface area contributed by atoms with Crippen molar-refractivity contribution in [3.63, 3.8) is 0 Å². The first-order chi connectivity index (χ1) is 17.2. The van der Waals surface area contributed by atoms with Crippen molar-refractivity contribution >= 4 is 6.08 Å². The van der Waals surface area contributed by atoms with Crippen LogP contribution in [0.1, 0.15) is 63.8 Å². The molecule has 2 aromatic heterocycles. The Balaban J connectivity index is 1.54. The third kappa shape index (κ3) is 6.01. The summed E-state index contributed by atoms with van der Waals surface area (Å²) in [4.78, 5) is 13.1. The lowest BCUT2D eigenvalue weighted by Crippen LogP contribution is -2.25. The van der Waals surface area contributed by atoms with Crippen molar-refractivity contribution in [2.75, 3.05) is 0 Å². The van der Waals surface area contributed by atoms with Gasteiger partial charge in [-0.15, -0.1) is 5.10 Å². The van der Waals surface area contributed by atoms with Crippen LogP contribution in [0.5, 0.6) is 0 Å². The minimum Gasteiger partial charge on any atom is -0.271 e. The van der Waals surface area contributed by atoms with Gasteiger partial charge in [0, 0.05) is 12.1 Å². The van der Waals surface area contributed by atoms with Crippen LogP contribution >= 0.6 is 0 Å². The highest BCUT2D eigenvalue weighted by atomic mass is 16.2. The molecular formula is C27H33N7O. The summed E-state index contributed by atoms with van der Waals surface area (Å²) in [5.41, 5.74) is 4.03. The van der Waals surface area contributed by atoms with Gasteiger partial charge in [0.2, 0.25) is 0 Å². The van der Waals surface area contributed by atoms with E-state index in [0.29, 0.717) is 24.7 Å². The molecule has 0 radical (unpaired) electrons. The lowest BCUT2D eigenvalue weighted by Gasteiger charge is -2.09. The normalized spacial score (nSPS) is 11.5. The van der Waals surface area contributed by atoms with Gasteiger partial charge in [-0.05, 0) is 46.0 Å². The van der Waals surface area contributed by atoms with Gasteiger partial charge in [-0.2, -0.15) is 5.10 Å². The minimum atomic E-state index is -0.0523. The Hall–Kier alpha value is -3.81. The van der Waals surface area contributed by atoms with E-state index >= 15 is 0 Å². The molecule has 0 spiro atoms. The quantitative estimate of drug-likeness (QED) is 0.282. The van der Waals surface area contributed by atoms with Gasteiger partial charge >= 0.3 is 5.69 Å². The second kappa shape index (κ2) is 12.1. The first-order valence-corrected chi connectivity index (χ1v) is 12.5. The molecule has 0 aliphatic carbocycles. The van der Waals surface area contributed by atoms with Crippen molar-refractivity contribution in [1.82, 2.24) is 35.0 Å². The van der Waals surface area contributed by atoms with E-state index in [-0.39, 0.29) is 5.69 Å². The molecule has 0 saturated carbocycles. The molecule has 2 aromatic carbocycles. The van der Waals surface area contributed by atoms with Gasteiger partial charge in [-0.25, -0.2) is 14.6 Å². The monoisotopic (exact) mass is 471 g/mol. The van der Waals surface area contributed by atoms with Crippen molar-refractivity contribution < 1.29 is 0 Å². The van der Waals surface area contributed by atoms with Crippen molar-refractivity contribution in [3.8, 4) is 22.5 Å². The van der Waals surface area contributed by atoms with Crippen molar-refractivity contribution in [2.24, 2.45) is 0 Å². The van der Waals surface area contributed by atoms with E-state index in [1.807, 2.05) is 30.4 Å². The van der Waals surface area contributed by atoms with Crippen LogP contribution in [0.25, 0.3) is 28.6 Å². The summed E-state index contributed by atoms with van der Waals surface area (Å²) in [6, 6.07) is 16.3. The van der Waals surface area contributed by atoms with Crippen LogP contribution in [0.4, 0.5) is 0 Å². The fourth-order valence-electron chi connectivity index (χ4n) is 4.15. The predicted octanol–water partition coefficient (Wildman–Crippen LogP) is 5.33. The van der Waals surface area contributed by atoms with Crippen molar-refractivity contribution in [3.05, 3.63) is 76.5 Å². The maximum absolute atomic E-state index is 13.1. The molecule has 2 heterocycles. The SMILES string of the molecule is CC/C=C/c1nn(CCCCCCC)c(=O)n1Cc1ccc(-c2ccccc2-c2nnn[nH]2)cc1. The maximum Gasteiger partial charge on any atom is 0.346 e. The molecular weight excluding hydrogens is 438 g/mol. The van der Waals surface area contributed by atoms with Gasteiger partial charge in [0.1, 0.15) is 0 Å². The zero-order chi connectivity index (χ0) is 24.5. The molecule has 4 rings (SSSR count). The van der Waals surface area contributed by atoms with Crippen molar-refractivity contribution in [2.45, 2.75) is 65.5 Å². The number of nitrogens with one attached hydrogen (secondary N) is 1. The van der Waals surface area contributed by atoms with Crippen LogP contribution in [0, 0.1) is 0 Å². The van der Waals surface area contributed by atoms with E-state index in [0.717, 1.165) is 41.5 Å². The van der Waals surface area contributed by atoms with E-state index in [9.17, 15) is 4.79 Å². The summed E-state index contributed by atoms with van der Waals surface area (Å²) in [5.74, 6) is 1.34. The molecule has 182 valence electrons. The molecule has 0 bridgehead atoms. The molecule has 0 saturated heterocycles. The maximum atomic E-state index is 13.1. The number of nitrogens with zero attached hydrogens (tertiary/aromatic N) is 6. The predicted molar refractivity (Wildman–Crippen MR) is 139 cm³/mol.